The summed E-state index contributed by atoms with van der Waals surface area (Å²) in [6.07, 6.45) is 0. The van der Waals surface area contributed by atoms with E-state index in [4.69, 9.17) is 11.6 Å². The molecule has 0 saturated carbocycles. The molecule has 1 rings (SSSR count). The first kappa shape index (κ1) is 15.2. The van der Waals surface area contributed by atoms with Crippen molar-refractivity contribution in [1.82, 2.24) is 10.2 Å². The first-order chi connectivity index (χ1) is 8.32. The highest BCUT2D eigenvalue weighted by molar-refractivity contribution is 6.32. The summed E-state index contributed by atoms with van der Waals surface area (Å²) in [5, 5.41) is 23.3. The van der Waals surface area contributed by atoms with Crippen molar-refractivity contribution >= 4 is 11.6 Å². The molecule has 0 fully saturated rings. The Morgan fingerprint density at radius 3 is 2.67 bits per heavy atom. The number of nitrogens with zero attached hydrogens (tertiary/aromatic N) is 1. The Balaban J connectivity index is 2.49. The van der Waals surface area contributed by atoms with Crippen LogP contribution in [0, 0.1) is 0 Å². The average molecular weight is 273 g/mol. The van der Waals surface area contributed by atoms with Gasteiger partial charge in [-0.2, -0.15) is 0 Å². The van der Waals surface area contributed by atoms with Gasteiger partial charge in [-0.3, -0.25) is 0 Å². The number of aliphatic hydroxyl groups is 1. The summed E-state index contributed by atoms with van der Waals surface area (Å²) in [6, 6.07) is 5.23. The molecular weight excluding hydrogens is 252 g/mol. The lowest BCUT2D eigenvalue weighted by Gasteiger charge is -2.27. The van der Waals surface area contributed by atoms with Gasteiger partial charge in [-0.25, -0.2) is 0 Å². The van der Waals surface area contributed by atoms with Crippen LogP contribution in [0.15, 0.2) is 18.2 Å². The molecule has 4 nitrogen and oxygen atoms in total. The van der Waals surface area contributed by atoms with Crippen LogP contribution in [-0.4, -0.2) is 47.9 Å². The Hall–Kier alpha value is -0.810. The highest BCUT2D eigenvalue weighted by Crippen LogP contribution is 2.26. The summed E-state index contributed by atoms with van der Waals surface area (Å²) in [4.78, 5) is 1.93. The van der Waals surface area contributed by atoms with Gasteiger partial charge >= 0.3 is 0 Å². The number of aromatic hydroxyl groups is 1. The van der Waals surface area contributed by atoms with Crippen molar-refractivity contribution in [1.29, 1.82) is 0 Å². The fourth-order valence-electron chi connectivity index (χ4n) is 1.91. The van der Waals surface area contributed by atoms with Gasteiger partial charge in [0.2, 0.25) is 0 Å². The van der Waals surface area contributed by atoms with Gasteiger partial charge in [0, 0.05) is 25.2 Å². The number of hydrogen-bond acceptors (Lipinski definition) is 4. The second-order valence-electron chi connectivity index (χ2n) is 5.09. The van der Waals surface area contributed by atoms with E-state index in [2.05, 4.69) is 5.32 Å². The van der Waals surface area contributed by atoms with Crippen molar-refractivity contribution in [3.05, 3.63) is 28.8 Å². The third-order valence-corrected chi connectivity index (χ3v) is 2.85. The summed E-state index contributed by atoms with van der Waals surface area (Å²) in [6.45, 7) is 3.26. The van der Waals surface area contributed by atoms with E-state index in [0.717, 1.165) is 5.56 Å². The smallest absolute Gasteiger partial charge is 0.138 e. The van der Waals surface area contributed by atoms with E-state index in [1.54, 1.807) is 25.1 Å². The predicted molar refractivity (Wildman–Crippen MR) is 74.0 cm³/mol. The number of phenolic OH excluding ortho intramolecular Hbond substituents is 1. The van der Waals surface area contributed by atoms with E-state index in [9.17, 15) is 10.2 Å². The van der Waals surface area contributed by atoms with Crippen LogP contribution in [-0.2, 0) is 6.54 Å². The van der Waals surface area contributed by atoms with Crippen molar-refractivity contribution in [2.75, 3.05) is 27.2 Å². The third-order valence-electron chi connectivity index (χ3n) is 2.55. The topological polar surface area (TPSA) is 55.7 Å². The van der Waals surface area contributed by atoms with Crippen LogP contribution in [0.1, 0.15) is 12.5 Å². The number of rotatable bonds is 6. The van der Waals surface area contributed by atoms with Crippen molar-refractivity contribution in [2.45, 2.75) is 19.1 Å². The van der Waals surface area contributed by atoms with E-state index in [1.165, 1.54) is 0 Å². The van der Waals surface area contributed by atoms with Gasteiger partial charge in [-0.15, -0.1) is 0 Å². The quantitative estimate of drug-likeness (QED) is 0.734. The molecule has 1 aromatic rings. The number of hydrogen-bond donors (Lipinski definition) is 3. The molecule has 0 heterocycles. The van der Waals surface area contributed by atoms with Crippen LogP contribution >= 0.6 is 11.6 Å². The Kier molecular flexibility index (Phi) is 5.41. The number of nitrogens with one attached hydrogen (secondary N) is 1. The summed E-state index contributed by atoms with van der Waals surface area (Å²) in [7, 11) is 3.83. The molecule has 18 heavy (non-hydrogen) atoms. The van der Waals surface area contributed by atoms with Crippen LogP contribution in [0.4, 0.5) is 0 Å². The molecule has 3 N–H and O–H groups in total. The maximum Gasteiger partial charge on any atom is 0.138 e. The minimum atomic E-state index is -0.808. The first-order valence-electron chi connectivity index (χ1n) is 5.86. The second kappa shape index (κ2) is 6.38. The molecule has 0 aliphatic rings. The standard InChI is InChI=1S/C13H21ClN2O2/c1-13(18,9-16(2)3)8-15-7-10-5-4-6-11(14)12(10)17/h4-6,15,17-18H,7-9H2,1-3H3. The SMILES string of the molecule is CN(C)CC(C)(O)CNCc1cccc(Cl)c1O. The molecule has 0 amide bonds. The second-order valence-corrected chi connectivity index (χ2v) is 5.49. The van der Waals surface area contributed by atoms with Crippen LogP contribution in [0.3, 0.4) is 0 Å². The summed E-state index contributed by atoms with van der Waals surface area (Å²) in [5.74, 6) is 0.0962. The predicted octanol–water partition coefficient (Wildman–Crippen LogP) is 1.45. The largest absolute Gasteiger partial charge is 0.506 e. The number of para-hydroxylation sites is 1. The van der Waals surface area contributed by atoms with Crippen LogP contribution in [0.25, 0.3) is 0 Å². The van der Waals surface area contributed by atoms with E-state index in [0.29, 0.717) is 24.7 Å². The van der Waals surface area contributed by atoms with Crippen molar-refractivity contribution in [3.8, 4) is 5.75 Å². The Labute approximate surface area is 113 Å². The minimum Gasteiger partial charge on any atom is -0.506 e. The molecule has 0 aliphatic carbocycles. The van der Waals surface area contributed by atoms with Gasteiger partial charge in [-0.1, -0.05) is 23.7 Å². The Bertz CT molecular complexity index is 395. The Morgan fingerprint density at radius 1 is 1.39 bits per heavy atom. The van der Waals surface area contributed by atoms with Gasteiger partial charge in [0.25, 0.3) is 0 Å². The van der Waals surface area contributed by atoms with Gasteiger partial charge in [-0.05, 0) is 27.1 Å². The molecule has 102 valence electrons. The zero-order chi connectivity index (χ0) is 13.8. The first-order valence-corrected chi connectivity index (χ1v) is 6.24. The number of halogens is 1. The molecule has 0 radical (unpaired) electrons. The fraction of sp³-hybridized carbons (Fsp3) is 0.538. The minimum absolute atomic E-state index is 0.0962. The third kappa shape index (κ3) is 4.82. The van der Waals surface area contributed by atoms with Crippen molar-refractivity contribution in [3.63, 3.8) is 0 Å². The zero-order valence-corrected chi connectivity index (χ0v) is 11.8. The van der Waals surface area contributed by atoms with Crippen LogP contribution in [0.5, 0.6) is 5.75 Å². The normalized spacial score (nSPS) is 14.8. The number of phenols is 1. The zero-order valence-electron chi connectivity index (χ0n) is 11.1. The molecule has 1 aromatic carbocycles. The fourth-order valence-corrected chi connectivity index (χ4v) is 2.10. The summed E-state index contributed by atoms with van der Waals surface area (Å²) in [5.41, 5.74) is -0.0827. The molecule has 0 spiro atoms. The summed E-state index contributed by atoms with van der Waals surface area (Å²) >= 11 is 5.82. The van der Waals surface area contributed by atoms with Gasteiger partial charge in [0.05, 0.1) is 10.6 Å². The molecular formula is C13H21ClN2O2. The van der Waals surface area contributed by atoms with Gasteiger partial charge < -0.3 is 20.4 Å². The van der Waals surface area contributed by atoms with Crippen LogP contribution < -0.4 is 5.32 Å². The molecule has 1 unspecified atom stereocenters. The molecule has 5 heteroatoms. The van der Waals surface area contributed by atoms with E-state index in [1.807, 2.05) is 19.0 Å². The monoisotopic (exact) mass is 272 g/mol. The van der Waals surface area contributed by atoms with E-state index < -0.39 is 5.60 Å². The van der Waals surface area contributed by atoms with Crippen molar-refractivity contribution < 1.29 is 10.2 Å². The highest BCUT2D eigenvalue weighted by Gasteiger charge is 2.20. The van der Waals surface area contributed by atoms with Gasteiger partial charge in [0.1, 0.15) is 5.75 Å². The lowest BCUT2D eigenvalue weighted by atomic mass is 10.1. The van der Waals surface area contributed by atoms with Crippen LogP contribution in [0.2, 0.25) is 5.02 Å². The molecule has 1 atom stereocenters. The van der Waals surface area contributed by atoms with Crippen molar-refractivity contribution in [2.24, 2.45) is 0 Å². The maximum atomic E-state index is 10.1. The summed E-state index contributed by atoms with van der Waals surface area (Å²) < 4.78 is 0. The number of likely N-dealkylation sites (N-methyl/N-ethyl adjacent to an activating group) is 1. The van der Waals surface area contributed by atoms with E-state index in [-0.39, 0.29) is 5.75 Å². The number of benzene rings is 1. The highest BCUT2D eigenvalue weighted by atomic mass is 35.5. The molecule has 0 aliphatic heterocycles. The molecule has 0 bridgehead atoms. The Morgan fingerprint density at radius 2 is 2.06 bits per heavy atom. The maximum absolute atomic E-state index is 10.1. The van der Waals surface area contributed by atoms with Gasteiger partial charge in [0.15, 0.2) is 0 Å². The average Bonchev–Trinajstić information content (AvgIpc) is 2.22. The molecule has 0 saturated heterocycles. The molecule has 0 aromatic heterocycles. The van der Waals surface area contributed by atoms with E-state index >= 15 is 0 Å². The lowest BCUT2D eigenvalue weighted by Crippen LogP contribution is -2.45. The lowest BCUT2D eigenvalue weighted by molar-refractivity contribution is 0.0335.